The maximum atomic E-state index is 12.2. The highest BCUT2D eigenvalue weighted by atomic mass is 16.6. The van der Waals surface area contributed by atoms with Crippen molar-refractivity contribution in [2.45, 2.75) is 6.54 Å². The van der Waals surface area contributed by atoms with Crippen molar-refractivity contribution in [3.05, 3.63) is 46.0 Å². The maximum Gasteiger partial charge on any atom is 0.292 e. The molecule has 0 fully saturated rings. The van der Waals surface area contributed by atoms with E-state index in [9.17, 15) is 14.9 Å². The number of aromatic amines is 1. The summed E-state index contributed by atoms with van der Waals surface area (Å²) in [5.41, 5.74) is 5.40. The first-order valence-corrected chi connectivity index (χ1v) is 5.62. The van der Waals surface area contributed by atoms with Crippen molar-refractivity contribution in [3.8, 4) is 0 Å². The van der Waals surface area contributed by atoms with Crippen LogP contribution in [0, 0.1) is 10.1 Å². The summed E-state index contributed by atoms with van der Waals surface area (Å²) in [6.07, 6.45) is 1.34. The first-order chi connectivity index (χ1) is 9.49. The van der Waals surface area contributed by atoms with Crippen LogP contribution in [0.25, 0.3) is 0 Å². The minimum Gasteiger partial charge on any atom is -0.393 e. The number of nitro benzene ring substituents is 1. The van der Waals surface area contributed by atoms with Gasteiger partial charge in [0.25, 0.3) is 11.6 Å². The molecule has 0 bridgehead atoms. The van der Waals surface area contributed by atoms with E-state index in [1.54, 1.807) is 7.05 Å². The van der Waals surface area contributed by atoms with Gasteiger partial charge >= 0.3 is 0 Å². The van der Waals surface area contributed by atoms with Gasteiger partial charge in [0.05, 0.1) is 11.5 Å². The molecular weight excluding hydrogens is 264 g/mol. The summed E-state index contributed by atoms with van der Waals surface area (Å²) in [7, 11) is 1.56. The number of hydrogen-bond donors (Lipinski definition) is 2. The molecule has 9 nitrogen and oxygen atoms in total. The number of carbonyl (C=O) groups excluding carboxylic acids is 1. The Morgan fingerprint density at radius 2 is 2.30 bits per heavy atom. The lowest BCUT2D eigenvalue weighted by molar-refractivity contribution is -0.383. The average molecular weight is 276 g/mol. The van der Waals surface area contributed by atoms with Crippen LogP contribution in [-0.4, -0.2) is 38.0 Å². The molecule has 1 aromatic carbocycles. The lowest BCUT2D eigenvalue weighted by atomic mass is 10.1. The Kier molecular flexibility index (Phi) is 3.60. The molecule has 0 saturated heterocycles. The summed E-state index contributed by atoms with van der Waals surface area (Å²) in [4.78, 5) is 27.6. The van der Waals surface area contributed by atoms with Crippen LogP contribution in [-0.2, 0) is 6.54 Å². The zero-order valence-corrected chi connectivity index (χ0v) is 10.6. The summed E-state index contributed by atoms with van der Waals surface area (Å²) in [6.45, 7) is 0.219. The van der Waals surface area contributed by atoms with Gasteiger partial charge in [-0.3, -0.25) is 20.0 Å². The molecule has 20 heavy (non-hydrogen) atoms. The second-order valence-corrected chi connectivity index (χ2v) is 4.12. The zero-order chi connectivity index (χ0) is 14.7. The Balaban J connectivity index is 2.20. The smallest absolute Gasteiger partial charge is 0.292 e. The fraction of sp³-hybridized carbons (Fsp3) is 0.182. The molecule has 104 valence electrons. The van der Waals surface area contributed by atoms with Crippen molar-refractivity contribution in [1.29, 1.82) is 0 Å². The van der Waals surface area contributed by atoms with E-state index in [0.29, 0.717) is 5.82 Å². The number of H-pyrrole nitrogens is 1. The number of hydrogen-bond acceptors (Lipinski definition) is 6. The molecule has 0 unspecified atom stereocenters. The monoisotopic (exact) mass is 276 g/mol. The topological polar surface area (TPSA) is 131 Å². The minimum absolute atomic E-state index is 0.0180. The van der Waals surface area contributed by atoms with E-state index in [-0.39, 0.29) is 29.4 Å². The van der Waals surface area contributed by atoms with E-state index >= 15 is 0 Å². The molecule has 2 aromatic rings. The largest absolute Gasteiger partial charge is 0.393 e. The third kappa shape index (κ3) is 2.71. The molecule has 1 amide bonds. The van der Waals surface area contributed by atoms with Gasteiger partial charge in [-0.15, -0.1) is 0 Å². The van der Waals surface area contributed by atoms with Gasteiger partial charge in [-0.1, -0.05) is 0 Å². The summed E-state index contributed by atoms with van der Waals surface area (Å²) in [5.74, 6) is 0.148. The van der Waals surface area contributed by atoms with Crippen LogP contribution in [0.2, 0.25) is 0 Å². The Labute approximate surface area is 113 Å². The van der Waals surface area contributed by atoms with Crippen LogP contribution in [0.4, 0.5) is 11.4 Å². The minimum atomic E-state index is -0.622. The number of nitrogen functional groups attached to an aromatic ring is 1. The van der Waals surface area contributed by atoms with Gasteiger partial charge in [0.1, 0.15) is 17.8 Å². The van der Waals surface area contributed by atoms with Crippen LogP contribution in [0.15, 0.2) is 24.5 Å². The molecule has 0 radical (unpaired) electrons. The Morgan fingerprint density at radius 3 is 2.90 bits per heavy atom. The molecule has 0 aliphatic carbocycles. The van der Waals surface area contributed by atoms with Crippen LogP contribution in [0.5, 0.6) is 0 Å². The van der Waals surface area contributed by atoms with Crippen molar-refractivity contribution in [2.24, 2.45) is 0 Å². The Morgan fingerprint density at radius 1 is 1.55 bits per heavy atom. The van der Waals surface area contributed by atoms with E-state index < -0.39 is 4.92 Å². The van der Waals surface area contributed by atoms with Crippen molar-refractivity contribution in [1.82, 2.24) is 20.1 Å². The molecule has 0 aliphatic rings. The summed E-state index contributed by atoms with van der Waals surface area (Å²) >= 11 is 0. The van der Waals surface area contributed by atoms with Gasteiger partial charge < -0.3 is 10.6 Å². The third-order valence-corrected chi connectivity index (χ3v) is 2.67. The number of aromatic nitrogens is 3. The van der Waals surface area contributed by atoms with Crippen LogP contribution < -0.4 is 5.73 Å². The number of amides is 1. The number of nitrogens with two attached hydrogens (primary N) is 1. The predicted molar refractivity (Wildman–Crippen MR) is 69.7 cm³/mol. The van der Waals surface area contributed by atoms with Crippen LogP contribution in [0.3, 0.4) is 0 Å². The predicted octanol–water partition coefficient (Wildman–Crippen LogP) is 0.567. The molecule has 3 N–H and O–H groups in total. The van der Waals surface area contributed by atoms with Gasteiger partial charge in [-0.25, -0.2) is 4.98 Å². The van der Waals surface area contributed by atoms with E-state index in [4.69, 9.17) is 5.73 Å². The lowest BCUT2D eigenvalue weighted by Gasteiger charge is -2.15. The highest BCUT2D eigenvalue weighted by Crippen LogP contribution is 2.23. The van der Waals surface area contributed by atoms with E-state index in [0.717, 1.165) is 6.07 Å². The number of nitrogens with zero attached hydrogens (tertiary/aromatic N) is 4. The molecule has 1 heterocycles. The lowest BCUT2D eigenvalue weighted by Crippen LogP contribution is -2.26. The van der Waals surface area contributed by atoms with Crippen molar-refractivity contribution in [2.75, 3.05) is 12.8 Å². The van der Waals surface area contributed by atoms with Gasteiger partial charge in [0, 0.05) is 18.7 Å². The average Bonchev–Trinajstić information content (AvgIpc) is 2.91. The molecule has 9 heteroatoms. The fourth-order valence-corrected chi connectivity index (χ4v) is 1.66. The Hall–Kier alpha value is -2.97. The maximum absolute atomic E-state index is 12.2. The normalized spacial score (nSPS) is 10.2. The molecular formula is C11H12N6O3. The standard InChI is InChI=1S/C11H12N6O3/c1-16(5-10-13-6-14-15-10)11(18)7-2-3-8(12)9(4-7)17(19)20/h2-4,6H,5,12H2,1H3,(H,13,14,15). The molecule has 2 rings (SSSR count). The van der Waals surface area contributed by atoms with Crippen LogP contribution in [0.1, 0.15) is 16.2 Å². The number of nitro groups is 1. The second-order valence-electron chi connectivity index (χ2n) is 4.12. The number of rotatable bonds is 4. The first kappa shape index (κ1) is 13.5. The first-order valence-electron chi connectivity index (χ1n) is 5.62. The van der Waals surface area contributed by atoms with Gasteiger partial charge in [-0.2, -0.15) is 5.10 Å². The van der Waals surface area contributed by atoms with E-state index in [1.165, 1.54) is 23.4 Å². The highest BCUT2D eigenvalue weighted by molar-refractivity contribution is 5.95. The molecule has 0 spiro atoms. The SMILES string of the molecule is CN(Cc1ncn[nH]1)C(=O)c1ccc(N)c([N+](=O)[O-])c1. The van der Waals surface area contributed by atoms with Crippen molar-refractivity contribution >= 4 is 17.3 Å². The van der Waals surface area contributed by atoms with Gasteiger partial charge in [-0.05, 0) is 12.1 Å². The molecule has 0 saturated carbocycles. The van der Waals surface area contributed by atoms with Crippen molar-refractivity contribution < 1.29 is 9.72 Å². The molecule has 1 aromatic heterocycles. The number of nitrogens with one attached hydrogen (secondary N) is 1. The number of anilines is 1. The zero-order valence-electron chi connectivity index (χ0n) is 10.6. The summed E-state index contributed by atoms with van der Waals surface area (Å²) in [6, 6.07) is 3.95. The second kappa shape index (κ2) is 5.34. The number of benzene rings is 1. The van der Waals surface area contributed by atoms with Gasteiger partial charge in [0.15, 0.2) is 0 Å². The molecule has 0 aliphatic heterocycles. The third-order valence-electron chi connectivity index (χ3n) is 2.67. The van der Waals surface area contributed by atoms with Crippen LogP contribution >= 0.6 is 0 Å². The molecule has 0 atom stereocenters. The van der Waals surface area contributed by atoms with E-state index in [1.807, 2.05) is 0 Å². The quantitative estimate of drug-likeness (QED) is 0.476. The number of carbonyl (C=O) groups is 1. The summed E-state index contributed by atoms with van der Waals surface area (Å²) in [5, 5.41) is 17.1. The fourth-order valence-electron chi connectivity index (χ4n) is 1.66. The van der Waals surface area contributed by atoms with E-state index in [2.05, 4.69) is 15.2 Å². The van der Waals surface area contributed by atoms with Crippen molar-refractivity contribution in [3.63, 3.8) is 0 Å². The Bertz CT molecular complexity index is 640. The summed E-state index contributed by atoms with van der Waals surface area (Å²) < 4.78 is 0. The van der Waals surface area contributed by atoms with Gasteiger partial charge in [0.2, 0.25) is 0 Å². The highest BCUT2D eigenvalue weighted by Gasteiger charge is 2.18.